The van der Waals surface area contributed by atoms with Crippen molar-refractivity contribution >= 4 is 17.5 Å². The van der Waals surface area contributed by atoms with E-state index in [1.807, 2.05) is 11.8 Å². The maximum Gasteiger partial charge on any atom is 0.127 e. The van der Waals surface area contributed by atoms with Crippen molar-refractivity contribution in [3.05, 3.63) is 77.2 Å². The Balaban J connectivity index is 1.80. The molecular weight excluding hydrogens is 288 g/mol. The fraction of sp³-hybridized carbons (Fsp3) is 0.263. The topological polar surface area (TPSA) is 15.3 Å². The molecular formula is C19H20N2S. The number of nitrogens with one attached hydrogen (secondary N) is 1. The van der Waals surface area contributed by atoms with E-state index in [0.29, 0.717) is 0 Å². The van der Waals surface area contributed by atoms with Gasteiger partial charge in [0, 0.05) is 12.3 Å². The van der Waals surface area contributed by atoms with Gasteiger partial charge < -0.3 is 4.90 Å². The second kappa shape index (κ2) is 5.82. The Hall–Kier alpha value is -1.71. The van der Waals surface area contributed by atoms with Crippen molar-refractivity contribution in [3.63, 3.8) is 0 Å². The highest BCUT2D eigenvalue weighted by molar-refractivity contribution is 8.02. The second-order valence-corrected chi connectivity index (χ2v) is 6.70. The van der Waals surface area contributed by atoms with Crippen LogP contribution >= 0.6 is 11.8 Å². The van der Waals surface area contributed by atoms with Crippen molar-refractivity contribution in [2.45, 2.75) is 12.1 Å². The fourth-order valence-electron chi connectivity index (χ4n) is 3.47. The molecule has 2 heterocycles. The SMILES string of the molecule is C1=C(c2ccccc2)N2CCCNC2(c2ccccc2)CS1. The van der Waals surface area contributed by atoms with Crippen molar-refractivity contribution < 1.29 is 0 Å². The van der Waals surface area contributed by atoms with E-state index in [1.165, 1.54) is 23.2 Å². The van der Waals surface area contributed by atoms with E-state index in [4.69, 9.17) is 0 Å². The van der Waals surface area contributed by atoms with Crippen LogP contribution in [0.25, 0.3) is 5.70 Å². The van der Waals surface area contributed by atoms with Crippen molar-refractivity contribution in [2.24, 2.45) is 0 Å². The molecule has 2 nitrogen and oxygen atoms in total. The molecule has 0 amide bonds. The Labute approximate surface area is 136 Å². The lowest BCUT2D eigenvalue weighted by molar-refractivity contribution is 0.103. The molecule has 1 fully saturated rings. The number of nitrogens with zero attached hydrogens (tertiary/aromatic N) is 1. The molecule has 112 valence electrons. The molecule has 2 aromatic carbocycles. The van der Waals surface area contributed by atoms with E-state index in [1.54, 1.807) is 0 Å². The van der Waals surface area contributed by atoms with E-state index in [2.05, 4.69) is 76.3 Å². The number of rotatable bonds is 2. The maximum absolute atomic E-state index is 3.81. The van der Waals surface area contributed by atoms with Gasteiger partial charge in [0.1, 0.15) is 5.66 Å². The average Bonchev–Trinajstić information content (AvgIpc) is 2.62. The summed E-state index contributed by atoms with van der Waals surface area (Å²) in [4.78, 5) is 2.57. The van der Waals surface area contributed by atoms with Crippen LogP contribution in [0.4, 0.5) is 0 Å². The summed E-state index contributed by atoms with van der Waals surface area (Å²) in [6.45, 7) is 2.18. The molecule has 2 aliphatic rings. The van der Waals surface area contributed by atoms with Gasteiger partial charge in [0.15, 0.2) is 0 Å². The third kappa shape index (κ3) is 2.25. The van der Waals surface area contributed by atoms with Gasteiger partial charge in [-0.25, -0.2) is 0 Å². The molecule has 0 aromatic heterocycles. The lowest BCUT2D eigenvalue weighted by atomic mass is 9.94. The summed E-state index contributed by atoms with van der Waals surface area (Å²) in [6, 6.07) is 21.6. The summed E-state index contributed by atoms with van der Waals surface area (Å²) in [5, 5.41) is 6.14. The first kappa shape index (κ1) is 13.9. The van der Waals surface area contributed by atoms with Crippen LogP contribution in [0.3, 0.4) is 0 Å². The van der Waals surface area contributed by atoms with Gasteiger partial charge in [-0.2, -0.15) is 0 Å². The summed E-state index contributed by atoms with van der Waals surface area (Å²) in [5.41, 5.74) is 3.93. The summed E-state index contributed by atoms with van der Waals surface area (Å²) in [5.74, 6) is 1.05. The first-order valence-electron chi connectivity index (χ1n) is 7.85. The zero-order valence-corrected chi connectivity index (χ0v) is 13.4. The third-order valence-electron chi connectivity index (χ3n) is 4.54. The normalized spacial score (nSPS) is 24.5. The molecule has 0 bridgehead atoms. The van der Waals surface area contributed by atoms with Gasteiger partial charge in [0.2, 0.25) is 0 Å². The van der Waals surface area contributed by atoms with Crippen LogP contribution in [0.2, 0.25) is 0 Å². The Kier molecular flexibility index (Phi) is 3.68. The lowest BCUT2D eigenvalue weighted by Crippen LogP contribution is -2.62. The fourth-order valence-corrected chi connectivity index (χ4v) is 4.64. The first-order chi connectivity index (χ1) is 10.9. The second-order valence-electron chi connectivity index (χ2n) is 5.84. The van der Waals surface area contributed by atoms with Gasteiger partial charge in [0.25, 0.3) is 0 Å². The molecule has 1 saturated heterocycles. The highest BCUT2D eigenvalue weighted by Gasteiger charge is 2.43. The minimum Gasteiger partial charge on any atom is -0.348 e. The Morgan fingerprint density at radius 3 is 2.45 bits per heavy atom. The molecule has 0 saturated carbocycles. The molecule has 1 N–H and O–H groups in total. The van der Waals surface area contributed by atoms with Crippen LogP contribution in [0, 0.1) is 0 Å². The Bertz CT molecular complexity index is 668. The minimum atomic E-state index is -0.0793. The Morgan fingerprint density at radius 2 is 1.68 bits per heavy atom. The molecule has 0 radical (unpaired) electrons. The van der Waals surface area contributed by atoms with Crippen LogP contribution in [-0.4, -0.2) is 23.7 Å². The van der Waals surface area contributed by atoms with Crippen LogP contribution in [-0.2, 0) is 5.66 Å². The smallest absolute Gasteiger partial charge is 0.127 e. The van der Waals surface area contributed by atoms with Crippen LogP contribution in [0.1, 0.15) is 17.5 Å². The van der Waals surface area contributed by atoms with E-state index in [-0.39, 0.29) is 5.66 Å². The monoisotopic (exact) mass is 308 g/mol. The lowest BCUT2D eigenvalue weighted by Gasteiger charge is -2.52. The molecule has 3 heteroatoms. The molecule has 0 spiro atoms. The van der Waals surface area contributed by atoms with Gasteiger partial charge in [-0.3, -0.25) is 5.32 Å². The van der Waals surface area contributed by atoms with Gasteiger partial charge in [-0.1, -0.05) is 60.7 Å². The summed E-state index contributed by atoms with van der Waals surface area (Å²) < 4.78 is 0. The van der Waals surface area contributed by atoms with E-state index < -0.39 is 0 Å². The molecule has 4 rings (SSSR count). The number of thioether (sulfide) groups is 1. The van der Waals surface area contributed by atoms with E-state index in [0.717, 1.165) is 18.8 Å². The molecule has 2 aromatic rings. The standard InChI is InChI=1S/C19H20N2S/c1-3-8-16(9-4-1)18-14-22-15-19(17-10-5-2-6-11-17)20-12-7-13-21(18)19/h1-6,8-11,14,20H,7,12-13,15H2. The van der Waals surface area contributed by atoms with Crippen molar-refractivity contribution in [2.75, 3.05) is 18.8 Å². The molecule has 2 aliphatic heterocycles. The quantitative estimate of drug-likeness (QED) is 0.906. The number of fused-ring (bicyclic) bond motifs is 1. The van der Waals surface area contributed by atoms with E-state index >= 15 is 0 Å². The van der Waals surface area contributed by atoms with Crippen molar-refractivity contribution in [1.82, 2.24) is 10.2 Å². The molecule has 1 atom stereocenters. The zero-order chi connectivity index (χ0) is 14.8. The minimum absolute atomic E-state index is 0.0793. The third-order valence-corrected chi connectivity index (χ3v) is 5.51. The largest absolute Gasteiger partial charge is 0.348 e. The van der Waals surface area contributed by atoms with Crippen molar-refractivity contribution in [3.8, 4) is 0 Å². The average molecular weight is 308 g/mol. The van der Waals surface area contributed by atoms with Gasteiger partial charge in [0.05, 0.1) is 5.70 Å². The van der Waals surface area contributed by atoms with Crippen LogP contribution in [0.15, 0.2) is 66.1 Å². The first-order valence-corrected chi connectivity index (χ1v) is 8.90. The predicted molar refractivity (Wildman–Crippen MR) is 94.3 cm³/mol. The van der Waals surface area contributed by atoms with E-state index in [9.17, 15) is 0 Å². The molecule has 1 unspecified atom stereocenters. The molecule has 22 heavy (non-hydrogen) atoms. The highest BCUT2D eigenvalue weighted by atomic mass is 32.2. The number of hydrogen-bond donors (Lipinski definition) is 1. The predicted octanol–water partition coefficient (Wildman–Crippen LogP) is 3.88. The highest BCUT2D eigenvalue weighted by Crippen LogP contribution is 2.42. The van der Waals surface area contributed by atoms with Crippen LogP contribution < -0.4 is 5.32 Å². The van der Waals surface area contributed by atoms with Crippen molar-refractivity contribution in [1.29, 1.82) is 0 Å². The zero-order valence-electron chi connectivity index (χ0n) is 12.5. The summed E-state index contributed by atoms with van der Waals surface area (Å²) in [7, 11) is 0. The van der Waals surface area contributed by atoms with Gasteiger partial charge in [-0.05, 0) is 29.5 Å². The number of benzene rings is 2. The van der Waals surface area contributed by atoms with Gasteiger partial charge in [-0.15, -0.1) is 11.8 Å². The van der Waals surface area contributed by atoms with Gasteiger partial charge >= 0.3 is 0 Å². The summed E-state index contributed by atoms with van der Waals surface area (Å²) >= 11 is 1.91. The van der Waals surface area contributed by atoms with Crippen LogP contribution in [0.5, 0.6) is 0 Å². The maximum atomic E-state index is 3.81. The summed E-state index contributed by atoms with van der Waals surface area (Å²) in [6.07, 6.45) is 1.18. The Morgan fingerprint density at radius 1 is 0.955 bits per heavy atom. The number of hydrogen-bond acceptors (Lipinski definition) is 3. The molecule has 0 aliphatic carbocycles.